The van der Waals surface area contributed by atoms with E-state index in [1.165, 1.54) is 6.08 Å². The molecule has 0 unspecified atom stereocenters. The summed E-state index contributed by atoms with van der Waals surface area (Å²) in [7, 11) is 0. The molecule has 0 atom stereocenters. The number of hydrogen-bond acceptors (Lipinski definition) is 3. The lowest BCUT2D eigenvalue weighted by Crippen LogP contribution is -2.41. The second-order valence-electron chi connectivity index (χ2n) is 7.01. The van der Waals surface area contributed by atoms with Crippen LogP contribution in [0, 0.1) is 0 Å². The molecule has 0 radical (unpaired) electrons. The van der Waals surface area contributed by atoms with Gasteiger partial charge in [0.25, 0.3) is 0 Å². The maximum absolute atomic E-state index is 12.5. The van der Waals surface area contributed by atoms with Gasteiger partial charge < -0.3 is 9.80 Å². The number of benzene rings is 1. The van der Waals surface area contributed by atoms with Crippen LogP contribution >= 0.6 is 23.2 Å². The van der Waals surface area contributed by atoms with Crippen molar-refractivity contribution in [1.82, 2.24) is 14.7 Å². The number of nitrogens with zero attached hydrogens (tertiary/aromatic N) is 3. The van der Waals surface area contributed by atoms with Gasteiger partial charge in [0.05, 0.1) is 6.54 Å². The molecule has 2 saturated heterocycles. The Morgan fingerprint density at radius 1 is 0.889 bits per heavy atom. The predicted octanol–water partition coefficient (Wildman–Crippen LogP) is 3.16. The van der Waals surface area contributed by atoms with Gasteiger partial charge in [0.15, 0.2) is 0 Å². The first-order chi connectivity index (χ1) is 13.0. The molecule has 2 heterocycles. The number of hydrogen-bond donors (Lipinski definition) is 0. The molecule has 2 aliphatic rings. The molecule has 7 heteroatoms. The largest absolute Gasteiger partial charge is 0.342 e. The Bertz CT molecular complexity index is 697. The van der Waals surface area contributed by atoms with Gasteiger partial charge in [0, 0.05) is 61.0 Å². The fourth-order valence-corrected chi connectivity index (χ4v) is 4.06. The summed E-state index contributed by atoms with van der Waals surface area (Å²) in [6, 6.07) is 5.27. The number of likely N-dealkylation sites (tertiary alicyclic amines) is 1. The molecule has 0 aliphatic carbocycles. The summed E-state index contributed by atoms with van der Waals surface area (Å²) in [6.45, 7) is 5.07. The molecule has 0 N–H and O–H groups in total. The molecule has 1 aromatic carbocycles. The molecule has 5 nitrogen and oxygen atoms in total. The topological polar surface area (TPSA) is 43.9 Å². The lowest BCUT2D eigenvalue weighted by atomic mass is 10.2. The monoisotopic (exact) mass is 409 g/mol. The molecule has 2 fully saturated rings. The molecule has 0 bridgehead atoms. The Labute approximate surface area is 170 Å². The van der Waals surface area contributed by atoms with Crippen molar-refractivity contribution >= 4 is 41.1 Å². The Morgan fingerprint density at radius 2 is 1.56 bits per heavy atom. The van der Waals surface area contributed by atoms with Crippen molar-refractivity contribution < 1.29 is 9.59 Å². The average Bonchev–Trinajstić information content (AvgIpc) is 3.09. The van der Waals surface area contributed by atoms with Crippen molar-refractivity contribution in [3.8, 4) is 0 Å². The minimum atomic E-state index is -0.0568. The molecule has 27 heavy (non-hydrogen) atoms. The van der Waals surface area contributed by atoms with E-state index in [0.717, 1.165) is 38.9 Å². The van der Waals surface area contributed by atoms with Gasteiger partial charge in [0.1, 0.15) is 0 Å². The minimum Gasteiger partial charge on any atom is -0.342 e. The maximum Gasteiger partial charge on any atom is 0.246 e. The minimum absolute atomic E-state index is 0.0568. The van der Waals surface area contributed by atoms with Crippen LogP contribution in [-0.4, -0.2) is 72.3 Å². The van der Waals surface area contributed by atoms with E-state index in [1.807, 2.05) is 9.80 Å². The van der Waals surface area contributed by atoms with Crippen LogP contribution in [0.4, 0.5) is 0 Å². The molecule has 3 rings (SSSR count). The van der Waals surface area contributed by atoms with Crippen molar-refractivity contribution in [2.45, 2.75) is 19.3 Å². The SMILES string of the molecule is O=C(/C=C/c1c(Cl)cccc1Cl)N1CCCN(CC(=O)N2CCCC2)CC1. The van der Waals surface area contributed by atoms with Crippen LogP contribution in [0.1, 0.15) is 24.8 Å². The number of halogens is 2. The fourth-order valence-electron chi connectivity index (χ4n) is 3.54. The number of carbonyl (C=O) groups excluding carboxylic acids is 2. The predicted molar refractivity (Wildman–Crippen MR) is 109 cm³/mol. The van der Waals surface area contributed by atoms with Gasteiger partial charge in [-0.3, -0.25) is 14.5 Å². The highest BCUT2D eigenvalue weighted by molar-refractivity contribution is 6.37. The second kappa shape index (κ2) is 9.58. The number of carbonyl (C=O) groups is 2. The first-order valence-corrected chi connectivity index (χ1v) is 10.2. The van der Waals surface area contributed by atoms with E-state index in [0.29, 0.717) is 41.8 Å². The van der Waals surface area contributed by atoms with Gasteiger partial charge in [-0.2, -0.15) is 0 Å². The Hall–Kier alpha value is -1.56. The third-order valence-electron chi connectivity index (χ3n) is 5.11. The quantitative estimate of drug-likeness (QED) is 0.717. The fraction of sp³-hybridized carbons (Fsp3) is 0.500. The van der Waals surface area contributed by atoms with E-state index in [9.17, 15) is 9.59 Å². The second-order valence-corrected chi connectivity index (χ2v) is 7.83. The normalized spacial score (nSPS) is 18.9. The van der Waals surface area contributed by atoms with Crippen molar-refractivity contribution in [2.24, 2.45) is 0 Å². The van der Waals surface area contributed by atoms with Crippen LogP contribution in [0.2, 0.25) is 10.0 Å². The van der Waals surface area contributed by atoms with Crippen molar-refractivity contribution in [3.63, 3.8) is 0 Å². The van der Waals surface area contributed by atoms with Gasteiger partial charge in [-0.15, -0.1) is 0 Å². The molecule has 0 saturated carbocycles. The summed E-state index contributed by atoms with van der Waals surface area (Å²) in [6.07, 6.45) is 6.27. The highest BCUT2D eigenvalue weighted by Crippen LogP contribution is 2.25. The van der Waals surface area contributed by atoms with Crippen molar-refractivity contribution in [2.75, 3.05) is 45.8 Å². The van der Waals surface area contributed by atoms with Gasteiger partial charge >= 0.3 is 0 Å². The first-order valence-electron chi connectivity index (χ1n) is 9.46. The number of amides is 2. The summed E-state index contributed by atoms with van der Waals surface area (Å²) in [5.74, 6) is 0.152. The molecular weight excluding hydrogens is 385 g/mol. The van der Waals surface area contributed by atoms with Gasteiger partial charge in [0.2, 0.25) is 11.8 Å². The van der Waals surface area contributed by atoms with E-state index < -0.39 is 0 Å². The van der Waals surface area contributed by atoms with Gasteiger partial charge in [-0.1, -0.05) is 29.3 Å². The maximum atomic E-state index is 12.5. The van der Waals surface area contributed by atoms with E-state index in [2.05, 4.69) is 4.90 Å². The Kier molecular flexibility index (Phi) is 7.16. The third-order valence-corrected chi connectivity index (χ3v) is 5.77. The molecule has 0 aromatic heterocycles. The zero-order valence-electron chi connectivity index (χ0n) is 15.4. The van der Waals surface area contributed by atoms with E-state index >= 15 is 0 Å². The summed E-state index contributed by atoms with van der Waals surface area (Å²) >= 11 is 12.3. The lowest BCUT2D eigenvalue weighted by Gasteiger charge is -2.23. The Balaban J connectivity index is 1.53. The summed E-state index contributed by atoms with van der Waals surface area (Å²) in [5.41, 5.74) is 0.654. The van der Waals surface area contributed by atoms with Crippen molar-refractivity contribution in [3.05, 3.63) is 39.9 Å². The highest BCUT2D eigenvalue weighted by atomic mass is 35.5. The highest BCUT2D eigenvalue weighted by Gasteiger charge is 2.23. The number of rotatable bonds is 4. The average molecular weight is 410 g/mol. The standard InChI is InChI=1S/C20H25Cl2N3O2/c21-17-5-3-6-18(22)16(17)7-8-19(26)25-12-4-9-23(13-14-25)15-20(27)24-10-1-2-11-24/h3,5-8H,1-2,4,9-15H2/b8-7+. The van der Waals surface area contributed by atoms with E-state index in [-0.39, 0.29) is 11.8 Å². The zero-order chi connectivity index (χ0) is 19.2. The van der Waals surface area contributed by atoms with Gasteiger partial charge in [-0.25, -0.2) is 0 Å². The van der Waals surface area contributed by atoms with E-state index in [1.54, 1.807) is 24.3 Å². The van der Waals surface area contributed by atoms with Crippen molar-refractivity contribution in [1.29, 1.82) is 0 Å². The Morgan fingerprint density at radius 3 is 2.26 bits per heavy atom. The van der Waals surface area contributed by atoms with Crippen LogP contribution in [-0.2, 0) is 9.59 Å². The molecular formula is C20H25Cl2N3O2. The summed E-state index contributed by atoms with van der Waals surface area (Å²) in [4.78, 5) is 30.8. The molecule has 2 amide bonds. The zero-order valence-corrected chi connectivity index (χ0v) is 16.9. The lowest BCUT2D eigenvalue weighted by molar-refractivity contribution is -0.131. The summed E-state index contributed by atoms with van der Waals surface area (Å²) < 4.78 is 0. The van der Waals surface area contributed by atoms with Crippen LogP contribution in [0.3, 0.4) is 0 Å². The van der Waals surface area contributed by atoms with Crippen LogP contribution in [0.15, 0.2) is 24.3 Å². The van der Waals surface area contributed by atoms with Gasteiger partial charge in [-0.05, 0) is 37.5 Å². The van der Waals surface area contributed by atoms with Crippen LogP contribution < -0.4 is 0 Å². The third kappa shape index (κ3) is 5.47. The molecule has 2 aliphatic heterocycles. The smallest absolute Gasteiger partial charge is 0.246 e. The van der Waals surface area contributed by atoms with E-state index in [4.69, 9.17) is 23.2 Å². The summed E-state index contributed by atoms with van der Waals surface area (Å²) in [5, 5.41) is 1.04. The first kappa shape index (κ1) is 20.2. The molecule has 1 aromatic rings. The van der Waals surface area contributed by atoms with Crippen LogP contribution in [0.25, 0.3) is 6.08 Å². The molecule has 146 valence electrons. The molecule has 0 spiro atoms. The van der Waals surface area contributed by atoms with Crippen LogP contribution in [0.5, 0.6) is 0 Å².